The van der Waals surface area contributed by atoms with E-state index in [1.165, 1.54) is 6.21 Å². The molecule has 3 rings (SSSR count). The predicted molar refractivity (Wildman–Crippen MR) is 90.7 cm³/mol. The van der Waals surface area contributed by atoms with Gasteiger partial charge in [-0.05, 0) is 23.8 Å². The number of fused-ring (bicyclic) bond motifs is 1. The molecule has 0 radical (unpaired) electrons. The van der Waals surface area contributed by atoms with Gasteiger partial charge in [-0.1, -0.05) is 30.3 Å². The first-order valence-corrected chi connectivity index (χ1v) is 7.43. The van der Waals surface area contributed by atoms with Gasteiger partial charge in [0.2, 0.25) is 11.8 Å². The lowest BCUT2D eigenvalue weighted by molar-refractivity contribution is -0.127. The minimum atomic E-state index is -0.564. The molecule has 0 bridgehead atoms. The number of amides is 2. The molecular weight excluding hydrogens is 308 g/mol. The Morgan fingerprint density at radius 2 is 2.17 bits per heavy atom. The van der Waals surface area contributed by atoms with E-state index < -0.39 is 11.8 Å². The lowest BCUT2D eigenvalue weighted by Crippen LogP contribution is -2.29. The lowest BCUT2D eigenvalue weighted by Gasteiger charge is -2.06. The largest absolute Gasteiger partial charge is 0.507 e. The first-order valence-electron chi connectivity index (χ1n) is 7.43. The van der Waals surface area contributed by atoms with Gasteiger partial charge in [-0.15, -0.1) is 0 Å². The maximum absolute atomic E-state index is 11.9. The SMILES string of the molecule is CC1=NNC(=O)[C@H]1CC(=O)N/N=C\c1c(O)ccc2ccccc12. The fraction of sp³-hybridized carbons (Fsp3) is 0.176. The molecule has 0 aliphatic carbocycles. The number of rotatable bonds is 4. The van der Waals surface area contributed by atoms with E-state index in [-0.39, 0.29) is 18.1 Å². The summed E-state index contributed by atoms with van der Waals surface area (Å²) in [6.45, 7) is 1.69. The number of carbonyl (C=O) groups is 2. The number of benzene rings is 2. The normalized spacial score (nSPS) is 17.1. The quantitative estimate of drug-likeness (QED) is 0.586. The van der Waals surface area contributed by atoms with Crippen LogP contribution in [0.2, 0.25) is 0 Å². The van der Waals surface area contributed by atoms with Crippen LogP contribution in [0.25, 0.3) is 10.8 Å². The van der Waals surface area contributed by atoms with E-state index in [2.05, 4.69) is 21.1 Å². The number of hydrogen-bond acceptors (Lipinski definition) is 5. The fourth-order valence-electron chi connectivity index (χ4n) is 2.55. The highest BCUT2D eigenvalue weighted by atomic mass is 16.3. The van der Waals surface area contributed by atoms with Crippen LogP contribution < -0.4 is 10.9 Å². The van der Waals surface area contributed by atoms with E-state index in [0.717, 1.165) is 10.8 Å². The van der Waals surface area contributed by atoms with Crippen molar-refractivity contribution in [3.8, 4) is 5.75 Å². The van der Waals surface area contributed by atoms with E-state index in [1.807, 2.05) is 24.3 Å². The van der Waals surface area contributed by atoms with Gasteiger partial charge in [-0.3, -0.25) is 9.59 Å². The van der Waals surface area contributed by atoms with Gasteiger partial charge in [-0.2, -0.15) is 10.2 Å². The second-order valence-corrected chi connectivity index (χ2v) is 5.50. The number of carbonyl (C=O) groups excluding carboxylic acids is 2. The molecule has 7 heteroatoms. The van der Waals surface area contributed by atoms with Crippen molar-refractivity contribution in [2.24, 2.45) is 16.1 Å². The van der Waals surface area contributed by atoms with E-state index in [0.29, 0.717) is 11.3 Å². The number of phenolic OH excluding ortho intramolecular Hbond substituents is 1. The van der Waals surface area contributed by atoms with Gasteiger partial charge >= 0.3 is 0 Å². The molecule has 0 fully saturated rings. The summed E-state index contributed by atoms with van der Waals surface area (Å²) in [5.74, 6) is -1.18. The maximum atomic E-state index is 11.9. The number of aromatic hydroxyl groups is 1. The van der Waals surface area contributed by atoms with Crippen LogP contribution >= 0.6 is 0 Å². The second kappa shape index (κ2) is 6.49. The van der Waals surface area contributed by atoms with Crippen LogP contribution in [0.5, 0.6) is 5.75 Å². The maximum Gasteiger partial charge on any atom is 0.249 e. The topological polar surface area (TPSA) is 103 Å². The average Bonchev–Trinajstić information content (AvgIpc) is 2.89. The summed E-state index contributed by atoms with van der Waals surface area (Å²) >= 11 is 0. The van der Waals surface area contributed by atoms with Crippen molar-refractivity contribution in [1.29, 1.82) is 0 Å². The molecule has 1 atom stereocenters. The van der Waals surface area contributed by atoms with E-state index in [4.69, 9.17) is 0 Å². The van der Waals surface area contributed by atoms with Crippen LogP contribution in [-0.4, -0.2) is 28.8 Å². The molecule has 1 aliphatic rings. The molecule has 2 aromatic carbocycles. The minimum Gasteiger partial charge on any atom is -0.507 e. The third-order valence-corrected chi connectivity index (χ3v) is 3.88. The molecule has 2 aromatic rings. The summed E-state index contributed by atoms with van der Waals surface area (Å²) in [7, 11) is 0. The minimum absolute atomic E-state index is 0.0278. The Labute approximate surface area is 138 Å². The highest BCUT2D eigenvalue weighted by molar-refractivity contribution is 6.09. The number of hydrazone groups is 2. The Morgan fingerprint density at radius 1 is 1.38 bits per heavy atom. The molecule has 122 valence electrons. The zero-order chi connectivity index (χ0) is 17.1. The van der Waals surface area contributed by atoms with Crippen LogP contribution in [-0.2, 0) is 9.59 Å². The molecule has 1 aliphatic heterocycles. The zero-order valence-corrected chi connectivity index (χ0v) is 13.0. The predicted octanol–water partition coefficient (Wildman–Crippen LogP) is 1.51. The molecule has 24 heavy (non-hydrogen) atoms. The van der Waals surface area contributed by atoms with Gasteiger partial charge in [0.15, 0.2) is 0 Å². The van der Waals surface area contributed by atoms with Crippen molar-refractivity contribution >= 4 is 34.5 Å². The van der Waals surface area contributed by atoms with Gasteiger partial charge in [0.1, 0.15) is 5.75 Å². The monoisotopic (exact) mass is 324 g/mol. The van der Waals surface area contributed by atoms with Crippen molar-refractivity contribution in [3.05, 3.63) is 42.0 Å². The third-order valence-electron chi connectivity index (χ3n) is 3.88. The summed E-state index contributed by atoms with van der Waals surface area (Å²) < 4.78 is 0. The van der Waals surface area contributed by atoms with Crippen LogP contribution in [0.4, 0.5) is 0 Å². The first kappa shape index (κ1) is 15.7. The van der Waals surface area contributed by atoms with Crippen LogP contribution in [0.3, 0.4) is 0 Å². The molecule has 2 amide bonds. The summed E-state index contributed by atoms with van der Waals surface area (Å²) in [5.41, 5.74) is 5.80. The van der Waals surface area contributed by atoms with Crippen molar-refractivity contribution in [2.75, 3.05) is 0 Å². The van der Waals surface area contributed by atoms with Gasteiger partial charge < -0.3 is 5.11 Å². The number of hydrogen-bond donors (Lipinski definition) is 3. The van der Waals surface area contributed by atoms with Gasteiger partial charge in [-0.25, -0.2) is 10.9 Å². The second-order valence-electron chi connectivity index (χ2n) is 5.50. The fourth-order valence-corrected chi connectivity index (χ4v) is 2.55. The molecule has 0 spiro atoms. The van der Waals surface area contributed by atoms with Gasteiger partial charge in [0.05, 0.1) is 12.1 Å². The number of phenols is 1. The molecular formula is C17H16N4O3. The van der Waals surface area contributed by atoms with Crippen molar-refractivity contribution in [2.45, 2.75) is 13.3 Å². The van der Waals surface area contributed by atoms with Gasteiger partial charge in [0, 0.05) is 17.7 Å². The Hall–Kier alpha value is -3.22. The molecule has 1 heterocycles. The molecule has 7 nitrogen and oxygen atoms in total. The van der Waals surface area contributed by atoms with E-state index in [9.17, 15) is 14.7 Å². The smallest absolute Gasteiger partial charge is 0.249 e. The van der Waals surface area contributed by atoms with Crippen LogP contribution in [0.15, 0.2) is 46.6 Å². The summed E-state index contributed by atoms with van der Waals surface area (Å²) in [6, 6.07) is 10.9. The first-order chi connectivity index (χ1) is 11.6. The molecule has 0 aromatic heterocycles. The van der Waals surface area contributed by atoms with E-state index in [1.54, 1.807) is 19.1 Å². The van der Waals surface area contributed by atoms with Crippen LogP contribution in [0, 0.1) is 5.92 Å². The van der Waals surface area contributed by atoms with E-state index >= 15 is 0 Å². The standard InChI is InChI=1S/C17H16N4O3/c1-10-13(17(24)21-19-10)8-16(23)20-18-9-14-12-5-3-2-4-11(12)6-7-15(14)22/h2-7,9,13,22H,8H2,1H3,(H,20,23)(H,21,24)/b18-9-/t13-/m0/s1. The Morgan fingerprint density at radius 3 is 2.92 bits per heavy atom. The van der Waals surface area contributed by atoms with Gasteiger partial charge in [0.25, 0.3) is 0 Å². The van der Waals surface area contributed by atoms with Crippen molar-refractivity contribution < 1.29 is 14.7 Å². The number of nitrogens with one attached hydrogen (secondary N) is 2. The molecule has 3 N–H and O–H groups in total. The highest BCUT2D eigenvalue weighted by Crippen LogP contribution is 2.25. The van der Waals surface area contributed by atoms with Crippen molar-refractivity contribution in [1.82, 2.24) is 10.9 Å². The summed E-state index contributed by atoms with van der Waals surface area (Å²) in [6.07, 6.45) is 1.37. The molecule has 0 unspecified atom stereocenters. The molecule has 0 saturated heterocycles. The van der Waals surface area contributed by atoms with Crippen LogP contribution in [0.1, 0.15) is 18.9 Å². The summed E-state index contributed by atoms with van der Waals surface area (Å²) in [5, 5.41) is 19.5. The Bertz CT molecular complexity index is 873. The lowest BCUT2D eigenvalue weighted by atomic mass is 10.0. The summed E-state index contributed by atoms with van der Waals surface area (Å²) in [4.78, 5) is 23.4. The Kier molecular flexibility index (Phi) is 4.24. The molecule has 0 saturated carbocycles. The third kappa shape index (κ3) is 3.10. The number of nitrogens with zero attached hydrogens (tertiary/aromatic N) is 2. The zero-order valence-electron chi connectivity index (χ0n) is 13.0. The Balaban J connectivity index is 1.71. The van der Waals surface area contributed by atoms with Crippen molar-refractivity contribution in [3.63, 3.8) is 0 Å². The highest BCUT2D eigenvalue weighted by Gasteiger charge is 2.28. The average molecular weight is 324 g/mol.